The molecule has 4 aromatic rings. The van der Waals surface area contributed by atoms with Gasteiger partial charge in [-0.25, -0.2) is 4.79 Å². The number of fused-ring (bicyclic) bond motifs is 1. The van der Waals surface area contributed by atoms with Crippen LogP contribution in [0, 0.1) is 0 Å². The van der Waals surface area contributed by atoms with Gasteiger partial charge in [-0.05, 0) is 48.9 Å². The van der Waals surface area contributed by atoms with Crippen molar-refractivity contribution in [3.8, 4) is 0 Å². The van der Waals surface area contributed by atoms with Gasteiger partial charge in [-0.15, -0.1) is 0 Å². The van der Waals surface area contributed by atoms with Crippen LogP contribution in [0.3, 0.4) is 0 Å². The highest BCUT2D eigenvalue weighted by molar-refractivity contribution is 6.04. The maximum absolute atomic E-state index is 13.0. The van der Waals surface area contributed by atoms with Crippen molar-refractivity contribution in [1.29, 1.82) is 0 Å². The van der Waals surface area contributed by atoms with Crippen molar-refractivity contribution in [3.05, 3.63) is 111 Å². The Hall–Kier alpha value is -4.46. The third-order valence-corrected chi connectivity index (χ3v) is 6.09. The Balaban J connectivity index is 1.45. The second-order valence-corrected chi connectivity index (χ2v) is 8.30. The molecule has 0 saturated heterocycles. The van der Waals surface area contributed by atoms with Crippen LogP contribution in [0.15, 0.2) is 88.5 Å². The molecule has 0 fully saturated rings. The Morgan fingerprint density at radius 1 is 0.971 bits per heavy atom. The maximum atomic E-state index is 13.0. The van der Waals surface area contributed by atoms with Crippen molar-refractivity contribution in [2.24, 2.45) is 0 Å². The van der Waals surface area contributed by atoms with Crippen LogP contribution >= 0.6 is 0 Å². The summed E-state index contributed by atoms with van der Waals surface area (Å²) in [5, 5.41) is 3.29. The molecule has 0 aliphatic heterocycles. The number of hydrogen-bond donors (Lipinski definition) is 2. The number of nitrogens with zero attached hydrogens (tertiary/aromatic N) is 2. The summed E-state index contributed by atoms with van der Waals surface area (Å²) in [6, 6.07) is 22.8. The SMILES string of the molecule is CC(c1cccc(NC(=O)c2ccccc2)c1)N(C)C(=O)CCn1c(=O)[nH]c(=O)c2ccccc21. The van der Waals surface area contributed by atoms with E-state index in [0.29, 0.717) is 22.2 Å². The van der Waals surface area contributed by atoms with Gasteiger partial charge >= 0.3 is 5.69 Å². The zero-order chi connectivity index (χ0) is 24.9. The first-order chi connectivity index (χ1) is 16.8. The lowest BCUT2D eigenvalue weighted by molar-refractivity contribution is -0.132. The van der Waals surface area contributed by atoms with Crippen LogP contribution in [0.5, 0.6) is 0 Å². The topological polar surface area (TPSA) is 104 Å². The molecule has 0 aliphatic rings. The van der Waals surface area contributed by atoms with Gasteiger partial charge < -0.3 is 10.2 Å². The van der Waals surface area contributed by atoms with E-state index in [9.17, 15) is 19.2 Å². The van der Waals surface area contributed by atoms with Crippen LogP contribution in [0.2, 0.25) is 0 Å². The van der Waals surface area contributed by atoms with E-state index in [1.54, 1.807) is 66.5 Å². The van der Waals surface area contributed by atoms with Crippen LogP contribution < -0.4 is 16.6 Å². The summed E-state index contributed by atoms with van der Waals surface area (Å²) in [6.07, 6.45) is 0.0845. The van der Waals surface area contributed by atoms with Gasteiger partial charge in [0.2, 0.25) is 5.91 Å². The molecular formula is C27H26N4O4. The number of hydrogen-bond acceptors (Lipinski definition) is 4. The number of anilines is 1. The molecule has 0 radical (unpaired) electrons. The number of aromatic nitrogens is 2. The summed E-state index contributed by atoms with van der Waals surface area (Å²) < 4.78 is 1.41. The van der Waals surface area contributed by atoms with Gasteiger partial charge in [0.15, 0.2) is 0 Å². The molecule has 3 aromatic carbocycles. The minimum Gasteiger partial charge on any atom is -0.339 e. The first-order valence-electron chi connectivity index (χ1n) is 11.3. The number of rotatable bonds is 7. The van der Waals surface area contributed by atoms with Gasteiger partial charge in [-0.3, -0.25) is 23.9 Å². The third-order valence-electron chi connectivity index (χ3n) is 6.09. The number of carbonyl (C=O) groups excluding carboxylic acids is 2. The average Bonchev–Trinajstić information content (AvgIpc) is 2.88. The van der Waals surface area contributed by atoms with Crippen LogP contribution in [0.1, 0.15) is 35.3 Å². The molecule has 1 aromatic heterocycles. The normalized spacial score (nSPS) is 11.7. The Morgan fingerprint density at radius 2 is 1.69 bits per heavy atom. The first-order valence-corrected chi connectivity index (χ1v) is 11.3. The smallest absolute Gasteiger partial charge is 0.328 e. The van der Waals surface area contributed by atoms with Crippen molar-refractivity contribution in [2.45, 2.75) is 25.9 Å². The van der Waals surface area contributed by atoms with Gasteiger partial charge in [0.25, 0.3) is 11.5 Å². The number of H-pyrrole nitrogens is 1. The fourth-order valence-corrected chi connectivity index (χ4v) is 3.96. The lowest BCUT2D eigenvalue weighted by Gasteiger charge is -2.26. The van der Waals surface area contributed by atoms with Crippen molar-refractivity contribution >= 4 is 28.4 Å². The Bertz CT molecular complexity index is 1490. The number of para-hydroxylation sites is 1. The average molecular weight is 471 g/mol. The summed E-state index contributed by atoms with van der Waals surface area (Å²) >= 11 is 0. The number of benzene rings is 3. The van der Waals surface area contributed by atoms with Crippen LogP contribution in [-0.2, 0) is 11.3 Å². The molecule has 178 valence electrons. The predicted molar refractivity (Wildman–Crippen MR) is 135 cm³/mol. The van der Waals surface area contributed by atoms with E-state index in [2.05, 4.69) is 10.3 Å². The van der Waals surface area contributed by atoms with Crippen molar-refractivity contribution in [1.82, 2.24) is 14.5 Å². The fraction of sp³-hybridized carbons (Fsp3) is 0.185. The zero-order valence-corrected chi connectivity index (χ0v) is 19.5. The molecule has 0 bridgehead atoms. The van der Waals surface area contributed by atoms with Crippen LogP contribution in [0.4, 0.5) is 5.69 Å². The molecule has 2 N–H and O–H groups in total. The second-order valence-electron chi connectivity index (χ2n) is 8.30. The highest BCUT2D eigenvalue weighted by atomic mass is 16.2. The highest BCUT2D eigenvalue weighted by Gasteiger charge is 2.19. The molecule has 2 amide bonds. The second kappa shape index (κ2) is 10.2. The number of aryl methyl sites for hydroxylation is 1. The van der Waals surface area contributed by atoms with Crippen LogP contribution in [-0.4, -0.2) is 33.3 Å². The minimum atomic E-state index is -0.543. The summed E-state index contributed by atoms with van der Waals surface area (Å²) in [4.78, 5) is 53.8. The molecule has 0 saturated carbocycles. The van der Waals surface area contributed by atoms with E-state index < -0.39 is 11.2 Å². The number of aromatic amines is 1. The number of carbonyl (C=O) groups is 2. The van der Waals surface area contributed by atoms with Gasteiger partial charge in [0.05, 0.1) is 16.9 Å². The predicted octanol–water partition coefficient (Wildman–Crippen LogP) is 3.55. The van der Waals surface area contributed by atoms with Crippen molar-refractivity contribution < 1.29 is 9.59 Å². The monoisotopic (exact) mass is 470 g/mol. The van der Waals surface area contributed by atoms with E-state index in [-0.39, 0.29) is 30.8 Å². The Kier molecular flexibility index (Phi) is 6.91. The largest absolute Gasteiger partial charge is 0.339 e. The van der Waals surface area contributed by atoms with E-state index in [1.165, 1.54) is 4.57 Å². The number of nitrogens with one attached hydrogen (secondary N) is 2. The highest BCUT2D eigenvalue weighted by Crippen LogP contribution is 2.23. The van der Waals surface area contributed by atoms with Gasteiger partial charge in [0, 0.05) is 31.3 Å². The van der Waals surface area contributed by atoms with Crippen molar-refractivity contribution in [3.63, 3.8) is 0 Å². The molecule has 8 nitrogen and oxygen atoms in total. The lowest BCUT2D eigenvalue weighted by atomic mass is 10.1. The summed E-state index contributed by atoms with van der Waals surface area (Å²) in [6.45, 7) is 2.04. The Morgan fingerprint density at radius 3 is 2.46 bits per heavy atom. The molecule has 0 spiro atoms. The maximum Gasteiger partial charge on any atom is 0.328 e. The van der Waals surface area contributed by atoms with Gasteiger partial charge in [-0.2, -0.15) is 0 Å². The van der Waals surface area contributed by atoms with Gasteiger partial charge in [-0.1, -0.05) is 42.5 Å². The molecular weight excluding hydrogens is 444 g/mol. The quantitative estimate of drug-likeness (QED) is 0.431. The van der Waals surface area contributed by atoms with E-state index >= 15 is 0 Å². The fourth-order valence-electron chi connectivity index (χ4n) is 3.96. The lowest BCUT2D eigenvalue weighted by Crippen LogP contribution is -2.34. The van der Waals surface area contributed by atoms with Gasteiger partial charge in [0.1, 0.15) is 0 Å². The van der Waals surface area contributed by atoms with Crippen LogP contribution in [0.25, 0.3) is 10.9 Å². The standard InChI is InChI=1S/C27H26N4O4/c1-18(20-11-8-12-21(17-20)28-25(33)19-9-4-3-5-10-19)30(2)24(32)15-16-31-23-14-7-6-13-22(23)26(34)29-27(31)35/h3-14,17-18H,15-16H2,1-2H3,(H,28,33)(H,29,34,35). The number of amides is 2. The van der Waals surface area contributed by atoms with E-state index in [0.717, 1.165) is 5.56 Å². The first kappa shape index (κ1) is 23.7. The Labute approximate surface area is 201 Å². The van der Waals surface area contributed by atoms with Crippen molar-refractivity contribution in [2.75, 3.05) is 12.4 Å². The zero-order valence-electron chi connectivity index (χ0n) is 19.5. The molecule has 8 heteroatoms. The molecule has 35 heavy (non-hydrogen) atoms. The summed E-state index contributed by atoms with van der Waals surface area (Å²) in [5.41, 5.74) is 1.56. The van der Waals surface area contributed by atoms with E-state index in [1.807, 2.05) is 31.2 Å². The van der Waals surface area contributed by atoms with E-state index in [4.69, 9.17) is 0 Å². The summed E-state index contributed by atoms with van der Waals surface area (Å²) in [5.74, 6) is -0.364. The summed E-state index contributed by atoms with van der Waals surface area (Å²) in [7, 11) is 1.70. The third kappa shape index (κ3) is 5.22. The molecule has 0 aliphatic carbocycles. The molecule has 1 atom stereocenters. The minimum absolute atomic E-state index is 0.0845. The molecule has 1 unspecified atom stereocenters. The molecule has 4 rings (SSSR count). The molecule has 1 heterocycles.